The van der Waals surface area contributed by atoms with Gasteiger partial charge in [-0.15, -0.1) is 0 Å². The van der Waals surface area contributed by atoms with Crippen molar-refractivity contribution in [2.75, 3.05) is 13.7 Å². The third-order valence-corrected chi connectivity index (χ3v) is 4.71. The molecule has 0 aliphatic carbocycles. The Morgan fingerprint density at radius 2 is 2.04 bits per heavy atom. The number of pyridine rings is 1. The molecule has 0 radical (unpaired) electrons. The second-order valence-corrected chi connectivity index (χ2v) is 6.36. The molecule has 3 heterocycles. The van der Waals surface area contributed by atoms with E-state index in [-0.39, 0.29) is 5.91 Å². The summed E-state index contributed by atoms with van der Waals surface area (Å²) in [5.74, 6) is 0.605. The molecule has 28 heavy (non-hydrogen) atoms. The standard InChI is InChI=1S/C21H21N5O2/c1-3-25(14-15-13-22-20-10-6-7-11-26(15)20)21(27)18-12-17(23-24-18)16-8-4-5-9-19(16)28-2/h4-13H,3,14H2,1-2H3,(H,23,24). The minimum atomic E-state index is -0.109. The molecule has 0 aliphatic heterocycles. The van der Waals surface area contributed by atoms with E-state index >= 15 is 0 Å². The van der Waals surface area contributed by atoms with E-state index in [4.69, 9.17) is 4.74 Å². The van der Waals surface area contributed by atoms with Crippen molar-refractivity contribution in [3.05, 3.63) is 72.3 Å². The first kappa shape index (κ1) is 17.8. The number of ether oxygens (including phenoxy) is 1. The molecule has 7 nitrogen and oxygen atoms in total. The van der Waals surface area contributed by atoms with Crippen LogP contribution in [0.3, 0.4) is 0 Å². The maximum Gasteiger partial charge on any atom is 0.272 e. The second-order valence-electron chi connectivity index (χ2n) is 6.36. The van der Waals surface area contributed by atoms with Crippen molar-refractivity contribution in [1.29, 1.82) is 0 Å². The summed E-state index contributed by atoms with van der Waals surface area (Å²) in [6.07, 6.45) is 3.75. The third-order valence-electron chi connectivity index (χ3n) is 4.71. The van der Waals surface area contributed by atoms with Gasteiger partial charge >= 0.3 is 0 Å². The third kappa shape index (κ3) is 3.22. The number of fused-ring (bicyclic) bond motifs is 1. The molecule has 0 saturated carbocycles. The summed E-state index contributed by atoms with van der Waals surface area (Å²) in [6.45, 7) is 2.99. The highest BCUT2D eigenvalue weighted by Crippen LogP contribution is 2.28. The van der Waals surface area contributed by atoms with E-state index in [1.807, 2.05) is 60.0 Å². The lowest BCUT2D eigenvalue weighted by Crippen LogP contribution is -2.31. The minimum absolute atomic E-state index is 0.109. The lowest BCUT2D eigenvalue weighted by molar-refractivity contribution is 0.0744. The number of nitrogens with zero attached hydrogens (tertiary/aromatic N) is 4. The van der Waals surface area contributed by atoms with E-state index in [1.54, 1.807) is 24.3 Å². The van der Waals surface area contributed by atoms with Gasteiger partial charge in [0.05, 0.1) is 31.2 Å². The maximum absolute atomic E-state index is 13.0. The summed E-state index contributed by atoms with van der Waals surface area (Å²) in [4.78, 5) is 19.2. The monoisotopic (exact) mass is 375 g/mol. The number of hydrogen-bond acceptors (Lipinski definition) is 4. The highest BCUT2D eigenvalue weighted by atomic mass is 16.5. The van der Waals surface area contributed by atoms with Gasteiger partial charge in [0.25, 0.3) is 5.91 Å². The number of aromatic nitrogens is 4. The Kier molecular flexibility index (Phi) is 4.80. The number of nitrogens with one attached hydrogen (secondary N) is 1. The summed E-state index contributed by atoms with van der Waals surface area (Å²) in [5, 5.41) is 7.18. The van der Waals surface area contributed by atoms with Gasteiger partial charge in [0.1, 0.15) is 17.1 Å². The van der Waals surface area contributed by atoms with E-state index in [2.05, 4.69) is 15.2 Å². The predicted molar refractivity (Wildman–Crippen MR) is 106 cm³/mol. The lowest BCUT2D eigenvalue weighted by atomic mass is 10.1. The Morgan fingerprint density at radius 1 is 1.21 bits per heavy atom. The lowest BCUT2D eigenvalue weighted by Gasteiger charge is -2.19. The molecule has 4 rings (SSSR count). The molecule has 0 bridgehead atoms. The zero-order valence-corrected chi connectivity index (χ0v) is 15.8. The SMILES string of the molecule is CCN(Cc1cnc2ccccn12)C(=O)c1cc(-c2ccccc2OC)n[nH]1. The van der Waals surface area contributed by atoms with Crippen molar-refractivity contribution < 1.29 is 9.53 Å². The van der Waals surface area contributed by atoms with Gasteiger partial charge in [0.2, 0.25) is 0 Å². The number of rotatable bonds is 6. The molecule has 7 heteroatoms. The molecular weight excluding hydrogens is 354 g/mol. The van der Waals surface area contributed by atoms with E-state index in [9.17, 15) is 4.79 Å². The number of hydrogen-bond donors (Lipinski definition) is 1. The number of amides is 1. The Balaban J connectivity index is 1.58. The average molecular weight is 375 g/mol. The van der Waals surface area contributed by atoms with Gasteiger partial charge in [0, 0.05) is 18.3 Å². The van der Waals surface area contributed by atoms with Crippen LogP contribution in [0.1, 0.15) is 23.1 Å². The molecule has 0 fully saturated rings. The molecule has 0 unspecified atom stereocenters. The Bertz CT molecular complexity index is 1110. The Morgan fingerprint density at radius 3 is 2.86 bits per heavy atom. The molecule has 3 aromatic heterocycles. The predicted octanol–water partition coefficient (Wildman–Crippen LogP) is 3.40. The largest absolute Gasteiger partial charge is 0.496 e. The van der Waals surface area contributed by atoms with Crippen molar-refractivity contribution in [3.63, 3.8) is 0 Å². The van der Waals surface area contributed by atoms with Crippen molar-refractivity contribution in [3.8, 4) is 17.0 Å². The van der Waals surface area contributed by atoms with Crippen LogP contribution in [0.25, 0.3) is 16.9 Å². The van der Waals surface area contributed by atoms with Crippen LogP contribution in [0.15, 0.2) is 60.9 Å². The summed E-state index contributed by atoms with van der Waals surface area (Å²) < 4.78 is 7.38. The molecule has 0 atom stereocenters. The van der Waals surface area contributed by atoms with Crippen LogP contribution in [-0.4, -0.2) is 44.0 Å². The summed E-state index contributed by atoms with van der Waals surface area (Å²) >= 11 is 0. The van der Waals surface area contributed by atoms with Crippen molar-refractivity contribution >= 4 is 11.6 Å². The molecular formula is C21H21N5O2. The molecule has 0 spiro atoms. The van der Waals surface area contributed by atoms with Crippen LogP contribution in [-0.2, 0) is 6.54 Å². The summed E-state index contributed by atoms with van der Waals surface area (Å²) in [7, 11) is 1.62. The van der Waals surface area contributed by atoms with E-state index < -0.39 is 0 Å². The van der Waals surface area contributed by atoms with Crippen LogP contribution < -0.4 is 4.74 Å². The van der Waals surface area contributed by atoms with Crippen LogP contribution in [0.4, 0.5) is 0 Å². The first-order valence-corrected chi connectivity index (χ1v) is 9.10. The molecule has 1 amide bonds. The Hall–Kier alpha value is -3.61. The van der Waals surface area contributed by atoms with E-state index in [1.165, 1.54) is 0 Å². The number of carbonyl (C=O) groups excluding carboxylic acids is 1. The highest BCUT2D eigenvalue weighted by molar-refractivity contribution is 5.93. The van der Waals surface area contributed by atoms with Gasteiger partial charge in [0.15, 0.2) is 0 Å². The first-order valence-electron chi connectivity index (χ1n) is 9.10. The van der Waals surface area contributed by atoms with Gasteiger partial charge in [-0.3, -0.25) is 9.89 Å². The van der Waals surface area contributed by atoms with Gasteiger partial charge in [-0.05, 0) is 37.3 Å². The number of aromatic amines is 1. The zero-order chi connectivity index (χ0) is 19.5. The fourth-order valence-corrected chi connectivity index (χ4v) is 3.22. The summed E-state index contributed by atoms with van der Waals surface area (Å²) in [5.41, 5.74) is 3.77. The zero-order valence-electron chi connectivity index (χ0n) is 15.8. The average Bonchev–Trinajstić information content (AvgIpc) is 3.39. The molecule has 1 aromatic carbocycles. The number of para-hydroxylation sites is 1. The number of methoxy groups -OCH3 is 1. The topological polar surface area (TPSA) is 75.5 Å². The normalized spacial score (nSPS) is 10.9. The number of carbonyl (C=O) groups is 1. The summed E-state index contributed by atoms with van der Waals surface area (Å²) in [6, 6.07) is 15.2. The van der Waals surface area contributed by atoms with Crippen LogP contribution in [0.5, 0.6) is 5.75 Å². The van der Waals surface area contributed by atoms with Gasteiger partial charge in [-0.2, -0.15) is 5.10 Å². The molecule has 0 aliphatic rings. The van der Waals surface area contributed by atoms with Crippen molar-refractivity contribution in [2.45, 2.75) is 13.5 Å². The first-order chi connectivity index (χ1) is 13.7. The fourth-order valence-electron chi connectivity index (χ4n) is 3.22. The van der Waals surface area contributed by atoms with E-state index in [0.29, 0.717) is 30.2 Å². The smallest absolute Gasteiger partial charge is 0.272 e. The van der Waals surface area contributed by atoms with Crippen molar-refractivity contribution in [1.82, 2.24) is 24.5 Å². The van der Waals surface area contributed by atoms with Gasteiger partial charge in [-0.25, -0.2) is 4.98 Å². The molecule has 142 valence electrons. The van der Waals surface area contributed by atoms with Crippen molar-refractivity contribution in [2.24, 2.45) is 0 Å². The minimum Gasteiger partial charge on any atom is -0.496 e. The quantitative estimate of drug-likeness (QED) is 0.560. The number of benzene rings is 1. The number of H-pyrrole nitrogens is 1. The van der Waals surface area contributed by atoms with Crippen LogP contribution in [0, 0.1) is 0 Å². The van der Waals surface area contributed by atoms with Gasteiger partial charge < -0.3 is 14.0 Å². The maximum atomic E-state index is 13.0. The highest BCUT2D eigenvalue weighted by Gasteiger charge is 2.20. The molecule has 1 N–H and O–H groups in total. The number of imidazole rings is 1. The second kappa shape index (κ2) is 7.56. The fraction of sp³-hybridized carbons (Fsp3) is 0.190. The van der Waals surface area contributed by atoms with E-state index in [0.717, 1.165) is 16.9 Å². The van der Waals surface area contributed by atoms with Crippen LogP contribution in [0.2, 0.25) is 0 Å². The van der Waals surface area contributed by atoms with Gasteiger partial charge in [-0.1, -0.05) is 18.2 Å². The molecule has 0 saturated heterocycles. The van der Waals surface area contributed by atoms with Crippen LogP contribution >= 0.6 is 0 Å². The molecule has 4 aromatic rings. The Labute approximate surface area is 162 Å².